The molecule has 1 heterocycles. The van der Waals surface area contributed by atoms with Crippen molar-refractivity contribution in [1.82, 2.24) is 0 Å². The maximum atomic E-state index is 10.8. The standard InChI is InChI=1S/C9H11NO5S/c10-6(12)3-5(11)7(13)8-4(9(14)15)1-2-16-8/h1-2,5,7,11,13H,3H2,(H2,10,12)(H,14,15). The summed E-state index contributed by atoms with van der Waals surface area (Å²) >= 11 is 0.998. The fourth-order valence-corrected chi connectivity index (χ4v) is 2.15. The average molecular weight is 245 g/mol. The van der Waals surface area contributed by atoms with Crippen molar-refractivity contribution in [3.05, 3.63) is 21.9 Å². The van der Waals surface area contributed by atoms with Crippen LogP contribution in [0.1, 0.15) is 27.8 Å². The van der Waals surface area contributed by atoms with E-state index in [0.717, 1.165) is 11.3 Å². The van der Waals surface area contributed by atoms with Crippen LogP contribution in [0.3, 0.4) is 0 Å². The Kier molecular flexibility index (Phi) is 3.99. The minimum Gasteiger partial charge on any atom is -0.478 e. The Hall–Kier alpha value is -1.44. The van der Waals surface area contributed by atoms with Gasteiger partial charge in [0.05, 0.1) is 23.0 Å². The number of primary amides is 1. The number of carboxylic acids is 1. The molecule has 0 spiro atoms. The predicted molar refractivity (Wildman–Crippen MR) is 56.1 cm³/mol. The summed E-state index contributed by atoms with van der Waals surface area (Å²) in [5, 5.41) is 29.3. The number of aliphatic hydroxyl groups is 2. The first kappa shape index (κ1) is 12.6. The number of carbonyl (C=O) groups excluding carboxylic acids is 1. The zero-order chi connectivity index (χ0) is 12.3. The Morgan fingerprint density at radius 1 is 1.44 bits per heavy atom. The van der Waals surface area contributed by atoms with Crippen molar-refractivity contribution in [2.75, 3.05) is 0 Å². The minimum absolute atomic E-state index is 0.0824. The number of carboxylic acid groups (broad SMARTS) is 1. The first-order chi connectivity index (χ1) is 7.43. The number of amides is 1. The van der Waals surface area contributed by atoms with Crippen LogP contribution in [0, 0.1) is 0 Å². The van der Waals surface area contributed by atoms with Gasteiger partial charge in [0.2, 0.25) is 5.91 Å². The number of hydrogen-bond acceptors (Lipinski definition) is 5. The monoisotopic (exact) mass is 245 g/mol. The van der Waals surface area contributed by atoms with E-state index < -0.39 is 30.5 Å². The smallest absolute Gasteiger partial charge is 0.336 e. The van der Waals surface area contributed by atoms with E-state index in [2.05, 4.69) is 0 Å². The first-order valence-electron chi connectivity index (χ1n) is 4.38. The summed E-state index contributed by atoms with van der Waals surface area (Å²) in [5.74, 6) is -1.96. The minimum atomic E-state index is -1.42. The second-order valence-electron chi connectivity index (χ2n) is 3.19. The molecule has 0 fully saturated rings. The summed E-state index contributed by atoms with van der Waals surface area (Å²) in [4.78, 5) is 21.4. The third-order valence-electron chi connectivity index (χ3n) is 1.97. The van der Waals surface area contributed by atoms with E-state index in [0.29, 0.717) is 0 Å². The van der Waals surface area contributed by atoms with Gasteiger partial charge in [0, 0.05) is 0 Å². The Morgan fingerprint density at radius 2 is 2.06 bits per heavy atom. The Morgan fingerprint density at radius 3 is 2.56 bits per heavy atom. The molecular formula is C9H11NO5S. The number of thiophene rings is 1. The summed E-state index contributed by atoms with van der Waals surface area (Å²) in [7, 11) is 0. The molecule has 5 N–H and O–H groups in total. The van der Waals surface area contributed by atoms with Crippen LogP contribution in [-0.2, 0) is 4.79 Å². The quantitative estimate of drug-likeness (QED) is 0.568. The maximum Gasteiger partial charge on any atom is 0.336 e. The van der Waals surface area contributed by atoms with Gasteiger partial charge in [0.15, 0.2) is 0 Å². The van der Waals surface area contributed by atoms with Gasteiger partial charge in [0.1, 0.15) is 6.10 Å². The zero-order valence-electron chi connectivity index (χ0n) is 8.16. The van der Waals surface area contributed by atoms with E-state index in [1.165, 1.54) is 11.4 Å². The molecule has 0 saturated heterocycles. The molecular weight excluding hydrogens is 234 g/mol. The normalized spacial score (nSPS) is 14.4. The molecule has 0 saturated carbocycles. The van der Waals surface area contributed by atoms with E-state index >= 15 is 0 Å². The molecule has 0 aromatic carbocycles. The fraction of sp³-hybridized carbons (Fsp3) is 0.333. The molecule has 88 valence electrons. The number of aromatic carboxylic acids is 1. The SMILES string of the molecule is NC(=O)CC(O)C(O)c1sccc1C(=O)O. The molecule has 7 heteroatoms. The zero-order valence-corrected chi connectivity index (χ0v) is 8.98. The van der Waals surface area contributed by atoms with Crippen LogP contribution in [-0.4, -0.2) is 33.3 Å². The second kappa shape index (κ2) is 5.06. The van der Waals surface area contributed by atoms with E-state index in [1.807, 2.05) is 0 Å². The van der Waals surface area contributed by atoms with E-state index in [4.69, 9.17) is 10.8 Å². The molecule has 0 bridgehead atoms. The first-order valence-corrected chi connectivity index (χ1v) is 5.26. The molecule has 0 aliphatic carbocycles. The van der Waals surface area contributed by atoms with Gasteiger partial charge in [-0.05, 0) is 11.4 Å². The molecule has 1 amide bonds. The van der Waals surface area contributed by atoms with Crippen LogP contribution in [0.4, 0.5) is 0 Å². The lowest BCUT2D eigenvalue weighted by atomic mass is 10.1. The maximum absolute atomic E-state index is 10.8. The van der Waals surface area contributed by atoms with Gasteiger partial charge in [-0.25, -0.2) is 4.79 Å². The van der Waals surface area contributed by atoms with Crippen molar-refractivity contribution in [2.24, 2.45) is 5.73 Å². The number of carbonyl (C=O) groups is 2. The topological polar surface area (TPSA) is 121 Å². The lowest BCUT2D eigenvalue weighted by Gasteiger charge is -2.15. The van der Waals surface area contributed by atoms with Gasteiger partial charge in [-0.15, -0.1) is 11.3 Å². The van der Waals surface area contributed by atoms with Crippen LogP contribution in [0.25, 0.3) is 0 Å². The van der Waals surface area contributed by atoms with Crippen LogP contribution in [0.15, 0.2) is 11.4 Å². The summed E-state index contributed by atoms with van der Waals surface area (Å²) < 4.78 is 0. The largest absolute Gasteiger partial charge is 0.478 e. The summed E-state index contributed by atoms with van der Waals surface area (Å²) in [6.45, 7) is 0. The van der Waals surface area contributed by atoms with Crippen molar-refractivity contribution in [1.29, 1.82) is 0 Å². The van der Waals surface area contributed by atoms with Crippen molar-refractivity contribution in [3.8, 4) is 0 Å². The van der Waals surface area contributed by atoms with E-state index in [-0.39, 0.29) is 10.4 Å². The molecule has 6 nitrogen and oxygen atoms in total. The van der Waals surface area contributed by atoms with Crippen LogP contribution in [0.5, 0.6) is 0 Å². The molecule has 1 rings (SSSR count). The Labute approximate surface area is 94.9 Å². The molecule has 16 heavy (non-hydrogen) atoms. The number of nitrogens with two attached hydrogens (primary N) is 1. The van der Waals surface area contributed by atoms with Crippen molar-refractivity contribution < 1.29 is 24.9 Å². The van der Waals surface area contributed by atoms with Crippen molar-refractivity contribution >= 4 is 23.2 Å². The van der Waals surface area contributed by atoms with Gasteiger partial charge < -0.3 is 21.1 Å². The number of rotatable bonds is 5. The molecule has 0 aliphatic rings. The second-order valence-corrected chi connectivity index (χ2v) is 4.13. The molecule has 2 atom stereocenters. The van der Waals surface area contributed by atoms with Gasteiger partial charge in [0.25, 0.3) is 0 Å². The fourth-order valence-electron chi connectivity index (χ4n) is 1.22. The molecule has 1 aromatic heterocycles. The van der Waals surface area contributed by atoms with Crippen LogP contribution in [0.2, 0.25) is 0 Å². The summed E-state index contributed by atoms with van der Waals surface area (Å²) in [5.41, 5.74) is 4.78. The van der Waals surface area contributed by atoms with Crippen molar-refractivity contribution in [2.45, 2.75) is 18.6 Å². The third-order valence-corrected chi connectivity index (χ3v) is 2.96. The van der Waals surface area contributed by atoms with Gasteiger partial charge in [-0.3, -0.25) is 4.79 Å². The highest BCUT2D eigenvalue weighted by atomic mass is 32.1. The van der Waals surface area contributed by atoms with Gasteiger partial charge in [-0.1, -0.05) is 0 Å². The lowest BCUT2D eigenvalue weighted by Crippen LogP contribution is -2.26. The van der Waals surface area contributed by atoms with Gasteiger partial charge in [-0.2, -0.15) is 0 Å². The summed E-state index contributed by atoms with van der Waals surface area (Å²) in [6, 6.07) is 1.32. The van der Waals surface area contributed by atoms with Gasteiger partial charge >= 0.3 is 5.97 Å². The lowest BCUT2D eigenvalue weighted by molar-refractivity contribution is -0.121. The average Bonchev–Trinajstić information content (AvgIpc) is 2.63. The van der Waals surface area contributed by atoms with Crippen LogP contribution < -0.4 is 5.73 Å². The highest BCUT2D eigenvalue weighted by Crippen LogP contribution is 2.27. The van der Waals surface area contributed by atoms with Crippen molar-refractivity contribution in [3.63, 3.8) is 0 Å². The molecule has 1 aromatic rings. The Bertz CT molecular complexity index is 402. The predicted octanol–water partition coefficient (Wildman–Crippen LogP) is -0.284. The number of aliphatic hydroxyl groups excluding tert-OH is 2. The van der Waals surface area contributed by atoms with E-state index in [1.54, 1.807) is 0 Å². The molecule has 0 aliphatic heterocycles. The Balaban J connectivity index is 2.87. The molecule has 2 unspecified atom stereocenters. The highest BCUT2D eigenvalue weighted by Gasteiger charge is 2.25. The molecule has 0 radical (unpaired) electrons. The number of hydrogen-bond donors (Lipinski definition) is 4. The van der Waals surface area contributed by atoms with E-state index in [9.17, 15) is 19.8 Å². The third kappa shape index (κ3) is 2.78. The highest BCUT2D eigenvalue weighted by molar-refractivity contribution is 7.10. The summed E-state index contributed by atoms with van der Waals surface area (Å²) in [6.07, 6.45) is -3.23. The van der Waals surface area contributed by atoms with Crippen LogP contribution >= 0.6 is 11.3 Å².